The highest BCUT2D eigenvalue weighted by atomic mass is 16.1. The summed E-state index contributed by atoms with van der Waals surface area (Å²) in [6.45, 7) is 2.30. The summed E-state index contributed by atoms with van der Waals surface area (Å²) >= 11 is 0. The van der Waals surface area contributed by atoms with Crippen molar-refractivity contribution < 1.29 is 4.79 Å². The maximum absolute atomic E-state index is 12.3. The highest BCUT2D eigenvalue weighted by Crippen LogP contribution is 2.13. The van der Waals surface area contributed by atoms with Crippen LogP contribution in [0.5, 0.6) is 0 Å². The number of rotatable bonds is 4. The molecule has 0 aliphatic rings. The van der Waals surface area contributed by atoms with Gasteiger partial charge < -0.3 is 16.0 Å². The van der Waals surface area contributed by atoms with Gasteiger partial charge in [0.1, 0.15) is 5.82 Å². The summed E-state index contributed by atoms with van der Waals surface area (Å²) in [6.07, 6.45) is 4.17. The molecule has 0 bridgehead atoms. The molecule has 1 amide bonds. The highest BCUT2D eigenvalue weighted by molar-refractivity contribution is 5.94. The van der Waals surface area contributed by atoms with Gasteiger partial charge in [0.05, 0.1) is 12.6 Å². The van der Waals surface area contributed by atoms with Crippen molar-refractivity contribution in [1.82, 2.24) is 15.3 Å². The van der Waals surface area contributed by atoms with Crippen molar-refractivity contribution in [2.75, 3.05) is 6.54 Å². The van der Waals surface area contributed by atoms with Crippen LogP contribution in [0.1, 0.15) is 41.1 Å². The van der Waals surface area contributed by atoms with Crippen LogP contribution in [-0.2, 0) is 0 Å². The van der Waals surface area contributed by atoms with E-state index in [1.54, 1.807) is 24.5 Å². The second kappa shape index (κ2) is 7.27. The molecule has 0 spiro atoms. The Morgan fingerprint density at radius 3 is 3.05 bits per heavy atom. The van der Waals surface area contributed by atoms with Crippen molar-refractivity contribution in [2.45, 2.75) is 19.4 Å². The molecule has 108 valence electrons. The lowest BCUT2D eigenvalue weighted by molar-refractivity contribution is 0.0934. The van der Waals surface area contributed by atoms with Crippen LogP contribution in [0.25, 0.3) is 0 Å². The quantitative estimate of drug-likeness (QED) is 0.745. The first-order valence-corrected chi connectivity index (χ1v) is 6.83. The Bertz CT molecular complexity index is 652. The van der Waals surface area contributed by atoms with E-state index in [4.69, 9.17) is 5.73 Å². The Morgan fingerprint density at radius 1 is 1.52 bits per heavy atom. The van der Waals surface area contributed by atoms with Crippen molar-refractivity contribution >= 4 is 5.91 Å². The lowest BCUT2D eigenvalue weighted by atomic mass is 10.1. The van der Waals surface area contributed by atoms with E-state index >= 15 is 0 Å². The molecule has 0 saturated carbocycles. The maximum atomic E-state index is 12.3. The lowest BCUT2D eigenvalue weighted by Gasteiger charge is -2.14. The number of hydrogen-bond acceptors (Lipinski definition) is 3. The van der Waals surface area contributed by atoms with Gasteiger partial charge in [-0.2, -0.15) is 0 Å². The Balaban J connectivity index is 2.12. The predicted octanol–water partition coefficient (Wildman–Crippen LogP) is 1.60. The van der Waals surface area contributed by atoms with E-state index in [9.17, 15) is 4.79 Å². The molecule has 5 heteroatoms. The second-order valence-corrected chi connectivity index (χ2v) is 4.50. The van der Waals surface area contributed by atoms with Gasteiger partial charge in [0.2, 0.25) is 0 Å². The molecule has 4 N–H and O–H groups in total. The van der Waals surface area contributed by atoms with Crippen molar-refractivity contribution in [1.29, 1.82) is 0 Å². The van der Waals surface area contributed by atoms with Gasteiger partial charge in [0.15, 0.2) is 0 Å². The third kappa shape index (κ3) is 3.94. The van der Waals surface area contributed by atoms with E-state index in [1.165, 1.54) is 0 Å². The molecule has 1 atom stereocenters. The third-order valence-corrected chi connectivity index (χ3v) is 3.02. The number of imidazole rings is 1. The molecule has 1 aromatic carbocycles. The average molecular weight is 282 g/mol. The SMILES string of the molecule is CCC(NC(=O)c1cccc(C#CCN)c1)c1ncc[nH]1. The fraction of sp³-hybridized carbons (Fsp3) is 0.250. The first kappa shape index (κ1) is 14.8. The van der Waals surface area contributed by atoms with Gasteiger partial charge in [0, 0.05) is 23.5 Å². The molecule has 0 fully saturated rings. The minimum Gasteiger partial charge on any atom is -0.347 e. The number of nitrogens with one attached hydrogen (secondary N) is 2. The van der Waals surface area contributed by atoms with Crippen LogP contribution in [0.3, 0.4) is 0 Å². The summed E-state index contributed by atoms with van der Waals surface area (Å²) in [6, 6.07) is 7.04. The summed E-state index contributed by atoms with van der Waals surface area (Å²) in [7, 11) is 0. The van der Waals surface area contributed by atoms with Crippen LogP contribution < -0.4 is 11.1 Å². The van der Waals surface area contributed by atoms with E-state index in [0.29, 0.717) is 12.1 Å². The molecular formula is C16H18N4O. The average Bonchev–Trinajstić information content (AvgIpc) is 3.04. The van der Waals surface area contributed by atoms with Crippen molar-refractivity contribution in [3.63, 3.8) is 0 Å². The number of benzene rings is 1. The first-order chi connectivity index (χ1) is 10.2. The zero-order chi connectivity index (χ0) is 15.1. The van der Waals surface area contributed by atoms with Gasteiger partial charge in [-0.3, -0.25) is 4.79 Å². The fourth-order valence-corrected chi connectivity index (χ4v) is 1.96. The van der Waals surface area contributed by atoms with Crippen molar-refractivity contribution in [2.24, 2.45) is 5.73 Å². The molecule has 0 aliphatic heterocycles. The number of carbonyl (C=O) groups excluding carboxylic acids is 1. The lowest BCUT2D eigenvalue weighted by Crippen LogP contribution is -2.28. The number of aromatic amines is 1. The number of hydrogen-bond donors (Lipinski definition) is 3. The van der Waals surface area contributed by atoms with Crippen LogP contribution in [0.2, 0.25) is 0 Å². The summed E-state index contributed by atoms with van der Waals surface area (Å²) in [5, 5.41) is 2.96. The minimum atomic E-state index is -0.144. The van der Waals surface area contributed by atoms with Crippen LogP contribution in [0.15, 0.2) is 36.7 Å². The van der Waals surface area contributed by atoms with Gasteiger partial charge in [0.25, 0.3) is 5.91 Å². The fourth-order valence-electron chi connectivity index (χ4n) is 1.96. The highest BCUT2D eigenvalue weighted by Gasteiger charge is 2.15. The van der Waals surface area contributed by atoms with E-state index in [2.05, 4.69) is 27.1 Å². The number of carbonyl (C=O) groups is 1. The van der Waals surface area contributed by atoms with E-state index in [-0.39, 0.29) is 11.9 Å². The monoisotopic (exact) mass is 282 g/mol. The third-order valence-electron chi connectivity index (χ3n) is 3.02. The molecule has 0 saturated heterocycles. The molecule has 5 nitrogen and oxygen atoms in total. The predicted molar refractivity (Wildman–Crippen MR) is 81.5 cm³/mol. The topological polar surface area (TPSA) is 83.8 Å². The van der Waals surface area contributed by atoms with Gasteiger partial charge >= 0.3 is 0 Å². The minimum absolute atomic E-state index is 0.133. The summed E-state index contributed by atoms with van der Waals surface area (Å²) in [5.41, 5.74) is 6.70. The number of nitrogens with zero attached hydrogens (tertiary/aromatic N) is 1. The van der Waals surface area contributed by atoms with Gasteiger partial charge in [-0.05, 0) is 24.6 Å². The van der Waals surface area contributed by atoms with E-state index < -0.39 is 0 Å². The molecular weight excluding hydrogens is 264 g/mol. The molecule has 0 radical (unpaired) electrons. The zero-order valence-electron chi connectivity index (χ0n) is 11.9. The zero-order valence-corrected chi connectivity index (χ0v) is 11.9. The Morgan fingerprint density at radius 2 is 2.38 bits per heavy atom. The number of amides is 1. The van der Waals surface area contributed by atoms with Crippen molar-refractivity contribution in [3.8, 4) is 11.8 Å². The van der Waals surface area contributed by atoms with Gasteiger partial charge in [-0.25, -0.2) is 4.98 Å². The van der Waals surface area contributed by atoms with E-state index in [0.717, 1.165) is 17.8 Å². The standard InChI is InChI=1S/C16H18N4O/c1-2-14(15-18-9-10-19-15)20-16(21)13-7-3-5-12(11-13)6-4-8-17/h3,5,7,9-11,14H,2,8,17H2,1H3,(H,18,19)(H,20,21). The molecule has 1 aromatic heterocycles. The van der Waals surface area contributed by atoms with Crippen LogP contribution in [-0.4, -0.2) is 22.4 Å². The summed E-state index contributed by atoms with van der Waals surface area (Å²) in [4.78, 5) is 19.5. The normalized spacial score (nSPS) is 11.3. The number of aromatic nitrogens is 2. The molecule has 0 aliphatic carbocycles. The molecule has 1 heterocycles. The summed E-state index contributed by atoms with van der Waals surface area (Å²) < 4.78 is 0. The first-order valence-electron chi connectivity index (χ1n) is 6.83. The van der Waals surface area contributed by atoms with Crippen LogP contribution in [0, 0.1) is 11.8 Å². The Kier molecular flexibility index (Phi) is 5.13. The van der Waals surface area contributed by atoms with E-state index in [1.807, 2.05) is 19.1 Å². The molecule has 2 rings (SSSR count). The number of nitrogens with two attached hydrogens (primary N) is 1. The molecule has 21 heavy (non-hydrogen) atoms. The number of H-pyrrole nitrogens is 1. The van der Waals surface area contributed by atoms with Crippen LogP contribution in [0.4, 0.5) is 0 Å². The van der Waals surface area contributed by atoms with Crippen LogP contribution >= 0.6 is 0 Å². The Hall–Kier alpha value is -2.58. The van der Waals surface area contributed by atoms with Gasteiger partial charge in [-0.1, -0.05) is 24.8 Å². The maximum Gasteiger partial charge on any atom is 0.251 e. The summed E-state index contributed by atoms with van der Waals surface area (Å²) in [5.74, 6) is 6.31. The second-order valence-electron chi connectivity index (χ2n) is 4.50. The van der Waals surface area contributed by atoms with Crippen molar-refractivity contribution in [3.05, 3.63) is 53.6 Å². The molecule has 1 unspecified atom stereocenters. The molecule has 2 aromatic rings. The largest absolute Gasteiger partial charge is 0.347 e. The Labute approximate surface area is 124 Å². The van der Waals surface area contributed by atoms with Gasteiger partial charge in [-0.15, -0.1) is 0 Å². The smallest absolute Gasteiger partial charge is 0.251 e.